The van der Waals surface area contributed by atoms with Gasteiger partial charge in [-0.3, -0.25) is 9.51 Å². The summed E-state index contributed by atoms with van der Waals surface area (Å²) >= 11 is 0. The molecule has 29 heavy (non-hydrogen) atoms. The fraction of sp³-hybridized carbons (Fsp3) is 0.0526. The molecule has 0 atom stereocenters. The molecule has 0 aliphatic carbocycles. The van der Waals surface area contributed by atoms with Crippen molar-refractivity contribution in [3.8, 4) is 22.5 Å². The lowest BCUT2D eigenvalue weighted by atomic mass is 9.94. The van der Waals surface area contributed by atoms with Crippen LogP contribution in [-0.4, -0.2) is 24.7 Å². The summed E-state index contributed by atoms with van der Waals surface area (Å²) in [5.74, 6) is -0.449. The van der Waals surface area contributed by atoms with Gasteiger partial charge in [-0.25, -0.2) is 18.6 Å². The number of nitrogens with one attached hydrogen (secondary N) is 1. The lowest BCUT2D eigenvalue weighted by Gasteiger charge is -2.15. The van der Waals surface area contributed by atoms with Gasteiger partial charge >= 0.3 is 5.76 Å². The molecule has 0 aliphatic rings. The highest BCUT2D eigenvalue weighted by molar-refractivity contribution is 6.00. The minimum Gasteiger partial charge on any atom is -0.383 e. The molecular formula is C19H12F2N6O2. The molecule has 0 fully saturated rings. The van der Waals surface area contributed by atoms with Gasteiger partial charge in [0, 0.05) is 22.9 Å². The Morgan fingerprint density at radius 3 is 2.69 bits per heavy atom. The van der Waals surface area contributed by atoms with E-state index in [0.717, 1.165) is 5.39 Å². The highest BCUT2D eigenvalue weighted by Crippen LogP contribution is 2.39. The number of halogens is 2. The molecule has 8 nitrogen and oxygen atoms in total. The van der Waals surface area contributed by atoms with Crippen LogP contribution in [0.2, 0.25) is 0 Å². The van der Waals surface area contributed by atoms with E-state index in [1.807, 2.05) is 12.1 Å². The van der Waals surface area contributed by atoms with Gasteiger partial charge in [0.15, 0.2) is 11.5 Å². The lowest BCUT2D eigenvalue weighted by molar-refractivity contribution is 0.152. The highest BCUT2D eigenvalue weighted by Gasteiger charge is 2.22. The van der Waals surface area contributed by atoms with Gasteiger partial charge in [-0.2, -0.15) is 9.61 Å². The number of fused-ring (bicyclic) bond motifs is 2. The maximum Gasteiger partial charge on any atom is 0.439 e. The Labute approximate surface area is 160 Å². The Bertz CT molecular complexity index is 1440. The van der Waals surface area contributed by atoms with Crippen LogP contribution in [0, 0.1) is 0 Å². The Morgan fingerprint density at radius 1 is 1.10 bits per heavy atom. The molecule has 144 valence electrons. The molecule has 0 unspecified atom stereocenters. The Hall–Kier alpha value is -4.08. The molecule has 3 N–H and O–H groups in total. The van der Waals surface area contributed by atoms with Gasteiger partial charge in [0.25, 0.3) is 6.43 Å². The van der Waals surface area contributed by atoms with Crippen LogP contribution in [0.25, 0.3) is 38.9 Å². The van der Waals surface area contributed by atoms with Crippen LogP contribution in [-0.2, 0) is 0 Å². The first kappa shape index (κ1) is 17.0. The Kier molecular flexibility index (Phi) is 3.66. The van der Waals surface area contributed by atoms with Gasteiger partial charge in [-0.15, -0.1) is 0 Å². The summed E-state index contributed by atoms with van der Waals surface area (Å²) < 4.78 is 33.4. The minimum atomic E-state index is -2.70. The number of benzene rings is 2. The molecule has 0 radical (unpaired) electrons. The molecule has 2 aromatic carbocycles. The highest BCUT2D eigenvalue weighted by atomic mass is 19.3. The van der Waals surface area contributed by atoms with E-state index >= 15 is 0 Å². The van der Waals surface area contributed by atoms with Crippen LogP contribution in [0.1, 0.15) is 12.0 Å². The molecule has 0 amide bonds. The van der Waals surface area contributed by atoms with Crippen molar-refractivity contribution in [2.75, 3.05) is 5.73 Å². The number of nitrogens with two attached hydrogens (primary N) is 1. The van der Waals surface area contributed by atoms with Gasteiger partial charge in [0.1, 0.15) is 5.82 Å². The quantitative estimate of drug-likeness (QED) is 0.485. The summed E-state index contributed by atoms with van der Waals surface area (Å²) in [6.45, 7) is 0. The van der Waals surface area contributed by atoms with E-state index in [1.165, 1.54) is 23.0 Å². The zero-order valence-corrected chi connectivity index (χ0v) is 14.6. The number of H-pyrrole nitrogens is 1. The first-order valence-electron chi connectivity index (χ1n) is 8.53. The maximum atomic E-state index is 13.8. The third-order valence-corrected chi connectivity index (χ3v) is 4.73. The van der Waals surface area contributed by atoms with Crippen LogP contribution in [0.15, 0.2) is 58.1 Å². The average molecular weight is 394 g/mol. The third kappa shape index (κ3) is 2.57. The fourth-order valence-electron chi connectivity index (χ4n) is 3.42. The second-order valence-electron chi connectivity index (χ2n) is 6.35. The summed E-state index contributed by atoms with van der Waals surface area (Å²) in [7, 11) is 0. The number of hydrogen-bond donors (Lipinski definition) is 2. The van der Waals surface area contributed by atoms with E-state index in [2.05, 4.69) is 24.7 Å². The topological polar surface area (TPSA) is 115 Å². The molecule has 0 saturated carbocycles. The average Bonchev–Trinajstić information content (AvgIpc) is 3.34. The summed E-state index contributed by atoms with van der Waals surface area (Å²) in [4.78, 5) is 18.0. The van der Waals surface area contributed by atoms with Crippen LogP contribution in [0.4, 0.5) is 14.6 Å². The van der Waals surface area contributed by atoms with Crippen LogP contribution in [0.5, 0.6) is 0 Å². The van der Waals surface area contributed by atoms with Gasteiger partial charge in [-0.1, -0.05) is 41.6 Å². The van der Waals surface area contributed by atoms with Crippen molar-refractivity contribution in [2.45, 2.75) is 6.43 Å². The van der Waals surface area contributed by atoms with Crippen molar-refractivity contribution < 1.29 is 13.3 Å². The molecular weight excluding hydrogens is 382 g/mol. The predicted molar refractivity (Wildman–Crippen MR) is 101 cm³/mol. The second-order valence-corrected chi connectivity index (χ2v) is 6.35. The number of hydrogen-bond acceptors (Lipinski definition) is 6. The van der Waals surface area contributed by atoms with Crippen LogP contribution in [0.3, 0.4) is 0 Å². The number of aromatic nitrogens is 5. The van der Waals surface area contributed by atoms with E-state index in [4.69, 9.17) is 5.73 Å². The number of alkyl halides is 2. The predicted octanol–water partition coefficient (Wildman–Crippen LogP) is 3.41. The van der Waals surface area contributed by atoms with Crippen molar-refractivity contribution >= 4 is 22.2 Å². The van der Waals surface area contributed by atoms with E-state index < -0.39 is 12.2 Å². The second kappa shape index (κ2) is 6.23. The lowest BCUT2D eigenvalue weighted by Crippen LogP contribution is -2.04. The number of anilines is 1. The normalized spacial score (nSPS) is 11.7. The van der Waals surface area contributed by atoms with Crippen molar-refractivity contribution in [3.63, 3.8) is 0 Å². The first-order chi connectivity index (χ1) is 14.0. The molecule has 0 spiro atoms. The van der Waals surface area contributed by atoms with Gasteiger partial charge in [-0.05, 0) is 10.8 Å². The van der Waals surface area contributed by atoms with Crippen LogP contribution < -0.4 is 11.5 Å². The monoisotopic (exact) mass is 394 g/mol. The molecule has 3 aromatic heterocycles. The molecule has 0 aliphatic heterocycles. The van der Waals surface area contributed by atoms with Crippen molar-refractivity contribution in [1.82, 2.24) is 24.7 Å². The molecule has 3 heterocycles. The Balaban J connectivity index is 1.80. The number of nitrogens with zero attached hydrogens (tertiary/aromatic N) is 4. The first-order valence-corrected chi connectivity index (χ1v) is 8.53. The van der Waals surface area contributed by atoms with Crippen molar-refractivity contribution in [2.24, 2.45) is 0 Å². The zero-order valence-electron chi connectivity index (χ0n) is 14.6. The number of nitrogen functional groups attached to an aromatic ring is 1. The van der Waals surface area contributed by atoms with E-state index in [-0.39, 0.29) is 17.2 Å². The maximum absolute atomic E-state index is 13.8. The fourth-order valence-corrected chi connectivity index (χ4v) is 3.42. The zero-order chi connectivity index (χ0) is 20.1. The van der Waals surface area contributed by atoms with Gasteiger partial charge in [0.2, 0.25) is 0 Å². The van der Waals surface area contributed by atoms with Crippen molar-refractivity contribution in [1.29, 1.82) is 0 Å². The summed E-state index contributed by atoms with van der Waals surface area (Å²) in [5.41, 5.74) is 7.48. The summed E-state index contributed by atoms with van der Waals surface area (Å²) in [5, 5.41) is 9.23. The third-order valence-electron chi connectivity index (χ3n) is 4.73. The molecule has 10 heteroatoms. The van der Waals surface area contributed by atoms with Crippen LogP contribution >= 0.6 is 0 Å². The van der Waals surface area contributed by atoms with Crippen molar-refractivity contribution in [3.05, 3.63) is 64.9 Å². The molecule has 0 saturated heterocycles. The smallest absolute Gasteiger partial charge is 0.383 e. The number of rotatable bonds is 3. The summed E-state index contributed by atoms with van der Waals surface area (Å²) in [6, 6.07) is 10.2. The molecule has 5 aromatic rings. The van der Waals surface area contributed by atoms with E-state index in [9.17, 15) is 13.6 Å². The van der Waals surface area contributed by atoms with E-state index in [0.29, 0.717) is 27.7 Å². The minimum absolute atomic E-state index is 0.130. The van der Waals surface area contributed by atoms with Gasteiger partial charge in [0.05, 0.1) is 11.8 Å². The molecule has 5 rings (SSSR count). The SMILES string of the molecule is Nc1c(-c2c(C(F)F)ccc3ccccc23)cnc2c(-c3noc(=O)[nH]3)cnn12. The largest absolute Gasteiger partial charge is 0.439 e. The molecule has 0 bridgehead atoms. The Morgan fingerprint density at radius 2 is 1.93 bits per heavy atom. The number of aromatic amines is 1. The van der Waals surface area contributed by atoms with Gasteiger partial charge < -0.3 is 5.73 Å². The summed E-state index contributed by atoms with van der Waals surface area (Å²) in [6.07, 6.45) is 0.132. The standard InChI is InChI=1S/C19H12F2N6O2/c20-15(21)11-6-5-9-3-1-2-4-10(9)14(11)12-7-23-18-13(8-24-27(18)16(12)22)17-25-19(28)29-26-17/h1-8,15H,22H2,(H,25,26,28). The van der Waals surface area contributed by atoms with E-state index in [1.54, 1.807) is 18.2 Å².